The van der Waals surface area contributed by atoms with Crippen LogP contribution < -0.4 is 4.90 Å². The van der Waals surface area contributed by atoms with Crippen LogP contribution in [0.25, 0.3) is 0 Å². The second-order valence-corrected chi connectivity index (χ2v) is 11.6. The predicted octanol–water partition coefficient (Wildman–Crippen LogP) is 8.20. The fraction of sp³-hybridized carbons (Fsp3) is 0.276. The van der Waals surface area contributed by atoms with Crippen LogP contribution >= 0.6 is 31.9 Å². The van der Waals surface area contributed by atoms with Crippen LogP contribution in [0.1, 0.15) is 38.8 Å². The summed E-state index contributed by atoms with van der Waals surface area (Å²) in [5.41, 5.74) is 7.79. The molecule has 0 spiro atoms. The Morgan fingerprint density at radius 2 is 1.39 bits per heavy atom. The molecule has 0 saturated carbocycles. The van der Waals surface area contributed by atoms with Gasteiger partial charge in [-0.1, -0.05) is 76.1 Å². The molecule has 0 saturated heterocycles. The molecule has 0 aromatic heterocycles. The van der Waals surface area contributed by atoms with Gasteiger partial charge in [-0.05, 0) is 55.8 Å². The molecule has 170 valence electrons. The van der Waals surface area contributed by atoms with Gasteiger partial charge < -0.3 is 4.90 Å². The van der Waals surface area contributed by atoms with Gasteiger partial charge in [-0.15, -0.1) is 0 Å². The van der Waals surface area contributed by atoms with Gasteiger partial charge in [0.1, 0.15) is 7.05 Å². The van der Waals surface area contributed by atoms with E-state index in [1.165, 1.54) is 33.9 Å². The Labute approximate surface area is 215 Å². The number of hydrogen-bond acceptors (Lipinski definition) is 1. The molecule has 2 heterocycles. The molecule has 2 aromatic carbocycles. The third-order valence-electron chi connectivity index (χ3n) is 6.94. The molecule has 0 aliphatic carbocycles. The summed E-state index contributed by atoms with van der Waals surface area (Å²) in [6, 6.07) is 13.1. The van der Waals surface area contributed by atoms with Gasteiger partial charge in [0.2, 0.25) is 5.69 Å². The minimum absolute atomic E-state index is 0.0267. The lowest BCUT2D eigenvalue weighted by atomic mass is 9.81. The van der Waals surface area contributed by atoms with Crippen molar-refractivity contribution in [1.29, 1.82) is 0 Å². The van der Waals surface area contributed by atoms with Crippen LogP contribution in [0.4, 0.5) is 11.4 Å². The van der Waals surface area contributed by atoms with Crippen molar-refractivity contribution in [1.82, 2.24) is 0 Å². The van der Waals surface area contributed by atoms with Crippen molar-refractivity contribution < 1.29 is 4.58 Å². The number of likely N-dealkylation sites (N-methyl/N-ethyl adjacent to an activating group) is 1. The number of benzene rings is 2. The van der Waals surface area contributed by atoms with Gasteiger partial charge in [-0.3, -0.25) is 0 Å². The number of fused-ring (bicyclic) bond motifs is 2. The Morgan fingerprint density at radius 1 is 0.788 bits per heavy atom. The third kappa shape index (κ3) is 4.24. The first-order valence-corrected chi connectivity index (χ1v) is 12.8. The number of halogens is 2. The summed E-state index contributed by atoms with van der Waals surface area (Å²) in [6.45, 7) is 9.14. The molecule has 2 aromatic rings. The van der Waals surface area contributed by atoms with Crippen molar-refractivity contribution in [3.63, 3.8) is 0 Å². The molecule has 0 amide bonds. The summed E-state index contributed by atoms with van der Waals surface area (Å²) in [5, 5.41) is 0. The smallest absolute Gasteiger partial charge is 0.209 e. The number of anilines is 1. The largest absolute Gasteiger partial charge is 0.347 e. The summed E-state index contributed by atoms with van der Waals surface area (Å²) in [6.07, 6.45) is 15.0. The van der Waals surface area contributed by atoms with Crippen molar-refractivity contribution in [2.75, 3.05) is 19.0 Å². The first kappa shape index (κ1) is 24.0. The monoisotopic (exact) mass is 565 g/mol. The fourth-order valence-electron chi connectivity index (χ4n) is 5.10. The molecular weight excluding hydrogens is 536 g/mol. The lowest BCUT2D eigenvalue weighted by molar-refractivity contribution is -0.401. The first-order chi connectivity index (χ1) is 15.5. The SMILES string of the molecule is CN1/C(=C/C=C/C=C/C=C/C2=[N+](C)c3ccc(Br)cc3C2(C)C)C(C)(C)c2cc(Br)ccc21. The average molecular weight is 567 g/mol. The fourth-order valence-corrected chi connectivity index (χ4v) is 5.82. The Morgan fingerprint density at radius 3 is 2.12 bits per heavy atom. The number of nitrogens with zero attached hydrogens (tertiary/aromatic N) is 2. The van der Waals surface area contributed by atoms with Crippen molar-refractivity contribution in [3.05, 3.63) is 105 Å². The van der Waals surface area contributed by atoms with Gasteiger partial charge in [0.25, 0.3) is 0 Å². The van der Waals surface area contributed by atoms with Crippen molar-refractivity contribution in [3.8, 4) is 0 Å². The van der Waals surface area contributed by atoms with Crippen LogP contribution in [0.5, 0.6) is 0 Å². The molecule has 0 fully saturated rings. The minimum Gasteiger partial charge on any atom is -0.347 e. The zero-order valence-electron chi connectivity index (χ0n) is 20.2. The second-order valence-electron chi connectivity index (χ2n) is 9.76. The Bertz CT molecular complexity index is 1260. The van der Waals surface area contributed by atoms with E-state index >= 15 is 0 Å². The molecule has 2 aliphatic rings. The molecule has 4 rings (SSSR count). The van der Waals surface area contributed by atoms with Gasteiger partial charge in [0.05, 0.1) is 5.41 Å². The number of allylic oxidation sites excluding steroid dienone is 8. The van der Waals surface area contributed by atoms with Crippen LogP contribution in [-0.2, 0) is 10.8 Å². The number of rotatable bonds is 4. The van der Waals surface area contributed by atoms with E-state index in [1.807, 2.05) is 0 Å². The van der Waals surface area contributed by atoms with Gasteiger partial charge >= 0.3 is 0 Å². The van der Waals surface area contributed by atoms with Gasteiger partial charge in [0, 0.05) is 50.5 Å². The predicted molar refractivity (Wildman–Crippen MR) is 149 cm³/mol. The van der Waals surface area contributed by atoms with Gasteiger partial charge in [-0.2, -0.15) is 4.58 Å². The van der Waals surface area contributed by atoms with Gasteiger partial charge in [-0.25, -0.2) is 0 Å². The van der Waals surface area contributed by atoms with Crippen LogP contribution in [-0.4, -0.2) is 24.4 Å². The van der Waals surface area contributed by atoms with E-state index in [-0.39, 0.29) is 10.8 Å². The maximum absolute atomic E-state index is 3.62. The highest BCUT2D eigenvalue weighted by Gasteiger charge is 2.42. The minimum atomic E-state index is -0.0267. The molecule has 2 nitrogen and oxygen atoms in total. The zero-order chi connectivity index (χ0) is 24.0. The molecule has 0 N–H and O–H groups in total. The first-order valence-electron chi connectivity index (χ1n) is 11.2. The summed E-state index contributed by atoms with van der Waals surface area (Å²) in [4.78, 5) is 2.29. The van der Waals surface area contributed by atoms with Crippen molar-refractivity contribution in [2.45, 2.75) is 38.5 Å². The number of hydrogen-bond donors (Lipinski definition) is 0. The molecule has 0 bridgehead atoms. The average Bonchev–Trinajstić information content (AvgIpc) is 3.06. The maximum Gasteiger partial charge on any atom is 0.209 e. The lowest BCUT2D eigenvalue weighted by Gasteiger charge is -2.23. The zero-order valence-corrected chi connectivity index (χ0v) is 23.3. The summed E-state index contributed by atoms with van der Waals surface area (Å²) in [5.74, 6) is 0. The molecule has 0 unspecified atom stereocenters. The molecule has 4 heteroatoms. The topological polar surface area (TPSA) is 6.25 Å². The van der Waals surface area contributed by atoms with Gasteiger partial charge in [0.15, 0.2) is 5.71 Å². The Kier molecular flexibility index (Phi) is 6.45. The van der Waals surface area contributed by atoms with E-state index in [9.17, 15) is 0 Å². The Balaban J connectivity index is 1.47. The summed E-state index contributed by atoms with van der Waals surface area (Å²) < 4.78 is 4.54. The second kappa shape index (κ2) is 8.88. The van der Waals surface area contributed by atoms with Crippen LogP contribution in [0, 0.1) is 0 Å². The van der Waals surface area contributed by atoms with Crippen LogP contribution in [0.2, 0.25) is 0 Å². The quantitative estimate of drug-likeness (QED) is 0.267. The highest BCUT2D eigenvalue weighted by Crippen LogP contribution is 2.47. The Hall–Kier alpha value is -2.17. The van der Waals surface area contributed by atoms with E-state index in [2.05, 4.69) is 162 Å². The highest BCUT2D eigenvalue weighted by molar-refractivity contribution is 9.10. The molecule has 0 radical (unpaired) electrons. The van der Waals surface area contributed by atoms with Crippen LogP contribution in [0.3, 0.4) is 0 Å². The molecular formula is C29H31Br2N2+. The summed E-state index contributed by atoms with van der Waals surface area (Å²) in [7, 11) is 4.29. The third-order valence-corrected chi connectivity index (χ3v) is 7.93. The molecule has 0 atom stereocenters. The van der Waals surface area contributed by atoms with Crippen molar-refractivity contribution in [2.24, 2.45) is 0 Å². The lowest BCUT2D eigenvalue weighted by Crippen LogP contribution is -2.26. The van der Waals surface area contributed by atoms with Crippen LogP contribution in [0.15, 0.2) is 93.6 Å². The standard InChI is InChI=1S/C29H31Br2N2/c1-28(2)22-18-20(30)14-16-24(22)32(5)26(28)12-10-8-7-9-11-13-27-29(3,4)23-19-21(31)15-17-25(23)33(27)6/h7-19H,1-6H3/q+1. The summed E-state index contributed by atoms with van der Waals surface area (Å²) >= 11 is 7.23. The molecule has 2 aliphatic heterocycles. The van der Waals surface area contributed by atoms with E-state index in [0.29, 0.717) is 0 Å². The normalized spacial score (nSPS) is 20.1. The van der Waals surface area contributed by atoms with E-state index in [0.717, 1.165) is 8.95 Å². The van der Waals surface area contributed by atoms with E-state index in [1.54, 1.807) is 0 Å². The van der Waals surface area contributed by atoms with Crippen molar-refractivity contribution >= 4 is 48.9 Å². The van der Waals surface area contributed by atoms with E-state index < -0.39 is 0 Å². The molecule has 33 heavy (non-hydrogen) atoms. The maximum atomic E-state index is 3.62. The highest BCUT2D eigenvalue weighted by atomic mass is 79.9. The van der Waals surface area contributed by atoms with E-state index in [4.69, 9.17) is 0 Å².